The molecule has 1 saturated heterocycles. The highest BCUT2D eigenvalue weighted by atomic mass is 16.5. The van der Waals surface area contributed by atoms with Crippen molar-refractivity contribution in [3.05, 3.63) is 36.4 Å². The summed E-state index contributed by atoms with van der Waals surface area (Å²) in [4.78, 5) is 26.4. The van der Waals surface area contributed by atoms with Crippen molar-refractivity contribution in [2.24, 2.45) is 0 Å². The molecule has 3 heterocycles. The van der Waals surface area contributed by atoms with Crippen LogP contribution in [0.4, 0.5) is 17.3 Å². The standard InChI is InChI=1S/C16H22N8O2/c17-13-14(19-5-6-24-7-9-26-10-8-24)20-11-21-15(13)22-23-16(25)12-1-3-18-4-2-12/h1-4,11H,5-10,17H2,(H,23,25)(H2,19,20,21,22). The molecule has 1 amide bonds. The van der Waals surface area contributed by atoms with E-state index < -0.39 is 0 Å². The van der Waals surface area contributed by atoms with Gasteiger partial charge in [-0.15, -0.1) is 0 Å². The number of nitrogen functional groups attached to an aromatic ring is 1. The molecule has 3 rings (SSSR count). The summed E-state index contributed by atoms with van der Waals surface area (Å²) in [6.07, 6.45) is 4.48. The van der Waals surface area contributed by atoms with Gasteiger partial charge < -0.3 is 15.8 Å². The fourth-order valence-corrected chi connectivity index (χ4v) is 2.48. The quantitative estimate of drug-likeness (QED) is 0.503. The molecule has 0 unspecified atom stereocenters. The molecular weight excluding hydrogens is 336 g/mol. The topological polar surface area (TPSA) is 130 Å². The van der Waals surface area contributed by atoms with Crippen LogP contribution >= 0.6 is 0 Å². The number of morpholine rings is 1. The lowest BCUT2D eigenvalue weighted by Gasteiger charge is -2.26. The van der Waals surface area contributed by atoms with Gasteiger partial charge >= 0.3 is 0 Å². The Hall–Kier alpha value is -2.98. The Labute approximate surface area is 151 Å². The van der Waals surface area contributed by atoms with E-state index in [0.29, 0.717) is 29.4 Å². The van der Waals surface area contributed by atoms with Gasteiger partial charge in [0.05, 0.1) is 13.2 Å². The van der Waals surface area contributed by atoms with Crippen molar-refractivity contribution in [1.29, 1.82) is 0 Å². The molecule has 138 valence electrons. The minimum Gasteiger partial charge on any atom is -0.393 e. The van der Waals surface area contributed by atoms with Crippen molar-refractivity contribution in [3.63, 3.8) is 0 Å². The van der Waals surface area contributed by atoms with Crippen LogP contribution in [0.3, 0.4) is 0 Å². The number of nitrogens with two attached hydrogens (primary N) is 1. The first-order valence-corrected chi connectivity index (χ1v) is 8.35. The van der Waals surface area contributed by atoms with Crippen LogP contribution in [0.2, 0.25) is 0 Å². The molecule has 5 N–H and O–H groups in total. The molecule has 1 aliphatic heterocycles. The molecular formula is C16H22N8O2. The number of pyridine rings is 1. The van der Waals surface area contributed by atoms with E-state index in [1.54, 1.807) is 24.5 Å². The zero-order valence-corrected chi connectivity index (χ0v) is 14.3. The van der Waals surface area contributed by atoms with E-state index in [0.717, 1.165) is 32.8 Å². The summed E-state index contributed by atoms with van der Waals surface area (Å²) in [5.74, 6) is 0.539. The molecule has 0 aromatic carbocycles. The van der Waals surface area contributed by atoms with Crippen LogP contribution in [0.15, 0.2) is 30.9 Å². The van der Waals surface area contributed by atoms with E-state index >= 15 is 0 Å². The number of rotatable bonds is 7. The van der Waals surface area contributed by atoms with Gasteiger partial charge in [-0.3, -0.25) is 25.5 Å². The van der Waals surface area contributed by atoms with E-state index in [9.17, 15) is 4.79 Å². The number of hydrogen-bond acceptors (Lipinski definition) is 9. The second-order valence-corrected chi connectivity index (χ2v) is 5.68. The van der Waals surface area contributed by atoms with Crippen molar-refractivity contribution < 1.29 is 9.53 Å². The fourth-order valence-electron chi connectivity index (χ4n) is 2.48. The lowest BCUT2D eigenvalue weighted by atomic mass is 10.3. The third-order valence-electron chi connectivity index (χ3n) is 3.95. The zero-order valence-electron chi connectivity index (χ0n) is 14.3. The maximum Gasteiger partial charge on any atom is 0.269 e. The number of ether oxygens (including phenoxy) is 1. The monoisotopic (exact) mass is 358 g/mol. The summed E-state index contributed by atoms with van der Waals surface area (Å²) in [6.45, 7) is 4.95. The summed E-state index contributed by atoms with van der Waals surface area (Å²) in [6, 6.07) is 3.22. The molecule has 0 spiro atoms. The molecule has 0 radical (unpaired) electrons. The molecule has 1 aliphatic rings. The Morgan fingerprint density at radius 3 is 2.69 bits per heavy atom. The van der Waals surface area contributed by atoms with Crippen LogP contribution in [0.25, 0.3) is 0 Å². The second kappa shape index (κ2) is 8.92. The van der Waals surface area contributed by atoms with Gasteiger partial charge in [0.25, 0.3) is 5.91 Å². The van der Waals surface area contributed by atoms with Gasteiger partial charge in [-0.25, -0.2) is 9.97 Å². The van der Waals surface area contributed by atoms with Crippen molar-refractivity contribution in [3.8, 4) is 0 Å². The van der Waals surface area contributed by atoms with Gasteiger partial charge in [-0.2, -0.15) is 0 Å². The lowest BCUT2D eigenvalue weighted by molar-refractivity contribution is 0.0398. The van der Waals surface area contributed by atoms with Crippen LogP contribution in [-0.2, 0) is 4.74 Å². The van der Waals surface area contributed by atoms with Crippen LogP contribution in [0, 0.1) is 0 Å². The van der Waals surface area contributed by atoms with Gasteiger partial charge in [-0.1, -0.05) is 0 Å². The molecule has 1 fully saturated rings. The van der Waals surface area contributed by atoms with Crippen molar-refractivity contribution in [2.45, 2.75) is 0 Å². The molecule has 26 heavy (non-hydrogen) atoms. The maximum atomic E-state index is 12.0. The van der Waals surface area contributed by atoms with Crippen LogP contribution < -0.4 is 21.9 Å². The first-order chi connectivity index (χ1) is 12.7. The van der Waals surface area contributed by atoms with Crippen LogP contribution in [0.1, 0.15) is 10.4 Å². The number of hydrogen-bond donors (Lipinski definition) is 4. The third kappa shape index (κ3) is 4.77. The highest BCUT2D eigenvalue weighted by Gasteiger charge is 2.12. The molecule has 0 bridgehead atoms. The first kappa shape index (κ1) is 17.8. The van der Waals surface area contributed by atoms with Gasteiger partial charge in [0.1, 0.15) is 12.0 Å². The van der Waals surface area contributed by atoms with E-state index in [-0.39, 0.29) is 5.91 Å². The van der Waals surface area contributed by atoms with Crippen molar-refractivity contribution in [2.75, 3.05) is 55.9 Å². The molecule has 0 aliphatic carbocycles. The summed E-state index contributed by atoms with van der Waals surface area (Å²) >= 11 is 0. The van der Waals surface area contributed by atoms with Crippen molar-refractivity contribution >= 4 is 23.2 Å². The average Bonchev–Trinajstić information content (AvgIpc) is 2.69. The number of amides is 1. The van der Waals surface area contributed by atoms with Crippen LogP contribution in [0.5, 0.6) is 0 Å². The fraction of sp³-hybridized carbons (Fsp3) is 0.375. The predicted octanol–water partition coefficient (Wildman–Crippen LogP) is -0.0452. The Bertz CT molecular complexity index is 721. The summed E-state index contributed by atoms with van der Waals surface area (Å²) < 4.78 is 5.33. The van der Waals surface area contributed by atoms with E-state index in [1.807, 2.05) is 0 Å². The highest BCUT2D eigenvalue weighted by Crippen LogP contribution is 2.21. The van der Waals surface area contributed by atoms with Gasteiger partial charge in [0.2, 0.25) is 0 Å². The van der Waals surface area contributed by atoms with Gasteiger partial charge in [-0.05, 0) is 12.1 Å². The Morgan fingerprint density at radius 1 is 1.19 bits per heavy atom. The molecule has 0 atom stereocenters. The molecule has 2 aromatic rings. The predicted molar refractivity (Wildman–Crippen MR) is 97.5 cm³/mol. The summed E-state index contributed by atoms with van der Waals surface area (Å²) in [5.41, 5.74) is 12.2. The number of nitrogens with one attached hydrogen (secondary N) is 3. The highest BCUT2D eigenvalue weighted by molar-refractivity contribution is 5.95. The van der Waals surface area contributed by atoms with E-state index in [1.165, 1.54) is 6.33 Å². The average molecular weight is 358 g/mol. The first-order valence-electron chi connectivity index (χ1n) is 8.35. The Morgan fingerprint density at radius 2 is 1.92 bits per heavy atom. The van der Waals surface area contributed by atoms with E-state index in [2.05, 4.69) is 36.0 Å². The SMILES string of the molecule is Nc1c(NCCN2CCOCC2)ncnc1NNC(=O)c1ccncc1. The Kier molecular flexibility index (Phi) is 6.12. The normalized spacial score (nSPS) is 14.6. The number of hydrazine groups is 1. The number of carbonyl (C=O) groups excluding carboxylic acids is 1. The number of nitrogens with zero attached hydrogens (tertiary/aromatic N) is 4. The maximum absolute atomic E-state index is 12.0. The Balaban J connectivity index is 1.52. The van der Waals surface area contributed by atoms with Gasteiger partial charge in [0.15, 0.2) is 11.6 Å². The second-order valence-electron chi connectivity index (χ2n) is 5.68. The largest absolute Gasteiger partial charge is 0.393 e. The molecule has 2 aromatic heterocycles. The molecule has 10 nitrogen and oxygen atoms in total. The lowest BCUT2D eigenvalue weighted by Crippen LogP contribution is -2.39. The zero-order chi connectivity index (χ0) is 18.2. The minimum absolute atomic E-state index is 0.313. The van der Waals surface area contributed by atoms with Gasteiger partial charge in [0, 0.05) is 44.1 Å². The third-order valence-corrected chi connectivity index (χ3v) is 3.95. The van der Waals surface area contributed by atoms with E-state index in [4.69, 9.17) is 10.5 Å². The minimum atomic E-state index is -0.313. The van der Waals surface area contributed by atoms with Crippen LogP contribution in [-0.4, -0.2) is 65.2 Å². The number of aromatic nitrogens is 3. The smallest absolute Gasteiger partial charge is 0.269 e. The van der Waals surface area contributed by atoms with Crippen molar-refractivity contribution in [1.82, 2.24) is 25.3 Å². The summed E-state index contributed by atoms with van der Waals surface area (Å²) in [5, 5.41) is 3.20. The number of carbonyl (C=O) groups is 1. The summed E-state index contributed by atoms with van der Waals surface area (Å²) in [7, 11) is 0. The molecule has 10 heteroatoms. The molecule has 0 saturated carbocycles. The number of anilines is 3.